The zero-order valence-electron chi connectivity index (χ0n) is 18.2. The van der Waals surface area contributed by atoms with Crippen molar-refractivity contribution in [3.63, 3.8) is 0 Å². The third kappa shape index (κ3) is 4.91. The molecule has 7 nitrogen and oxygen atoms in total. The van der Waals surface area contributed by atoms with Gasteiger partial charge in [0.1, 0.15) is 11.6 Å². The Morgan fingerprint density at radius 3 is 2.72 bits per heavy atom. The van der Waals surface area contributed by atoms with E-state index in [1.54, 1.807) is 31.5 Å². The molecular formula is C24H28FN5O2. The lowest BCUT2D eigenvalue weighted by molar-refractivity contribution is 0.175. The van der Waals surface area contributed by atoms with Crippen LogP contribution in [0.25, 0.3) is 0 Å². The lowest BCUT2D eigenvalue weighted by Gasteiger charge is -2.32. The number of benzene rings is 2. The second-order valence-corrected chi connectivity index (χ2v) is 8.02. The Morgan fingerprint density at radius 2 is 2.00 bits per heavy atom. The molecule has 2 aromatic carbocycles. The van der Waals surface area contributed by atoms with Crippen molar-refractivity contribution in [2.24, 2.45) is 11.8 Å². The molecule has 0 saturated carbocycles. The Hall–Kier alpha value is -3.39. The van der Waals surface area contributed by atoms with Crippen molar-refractivity contribution in [1.29, 1.82) is 0 Å². The molecule has 0 radical (unpaired) electrons. The van der Waals surface area contributed by atoms with E-state index in [1.165, 1.54) is 6.07 Å². The number of aromatic nitrogens is 2. The van der Waals surface area contributed by atoms with Gasteiger partial charge in [-0.15, -0.1) is 0 Å². The molecule has 4 N–H and O–H groups in total. The van der Waals surface area contributed by atoms with Crippen LogP contribution in [-0.2, 0) is 6.42 Å². The molecule has 32 heavy (non-hydrogen) atoms. The van der Waals surface area contributed by atoms with Gasteiger partial charge in [-0.05, 0) is 55.2 Å². The summed E-state index contributed by atoms with van der Waals surface area (Å²) < 4.78 is 19.5. The lowest BCUT2D eigenvalue weighted by Crippen LogP contribution is -2.40. The highest BCUT2D eigenvalue weighted by molar-refractivity contribution is 5.58. The van der Waals surface area contributed by atoms with Crippen molar-refractivity contribution >= 4 is 23.0 Å². The normalized spacial score (nSPS) is 18.6. The summed E-state index contributed by atoms with van der Waals surface area (Å²) in [5.74, 6) is 1.05. The molecule has 1 aliphatic heterocycles. The molecule has 1 aromatic heterocycles. The number of nitrogens with one attached hydrogen (secondary N) is 3. The molecule has 168 valence electrons. The minimum Gasteiger partial charge on any atom is -0.497 e. The number of aliphatic hydroxyl groups is 1. The van der Waals surface area contributed by atoms with Crippen molar-refractivity contribution in [3.05, 3.63) is 66.2 Å². The first-order chi connectivity index (χ1) is 15.6. The first kappa shape index (κ1) is 21.8. The van der Waals surface area contributed by atoms with E-state index >= 15 is 0 Å². The van der Waals surface area contributed by atoms with E-state index in [2.05, 4.69) is 20.9 Å². The number of aryl methyl sites for hydroxylation is 1. The molecule has 8 heteroatoms. The van der Waals surface area contributed by atoms with Gasteiger partial charge >= 0.3 is 0 Å². The molecule has 3 atom stereocenters. The number of para-hydroxylation sites is 1. The predicted octanol–water partition coefficient (Wildman–Crippen LogP) is 4.41. The number of hydrogen-bond donors (Lipinski definition) is 4. The maximum absolute atomic E-state index is 14.3. The summed E-state index contributed by atoms with van der Waals surface area (Å²) in [7, 11) is 1.63. The van der Waals surface area contributed by atoms with Gasteiger partial charge in [-0.1, -0.05) is 19.1 Å². The van der Waals surface area contributed by atoms with E-state index < -0.39 is 0 Å². The van der Waals surface area contributed by atoms with E-state index in [4.69, 9.17) is 9.72 Å². The number of halogens is 1. The number of ether oxygens (including phenoxy) is 1. The van der Waals surface area contributed by atoms with Crippen LogP contribution in [-0.4, -0.2) is 35.0 Å². The summed E-state index contributed by atoms with van der Waals surface area (Å²) in [6.45, 7) is 2.05. The van der Waals surface area contributed by atoms with Crippen molar-refractivity contribution in [1.82, 2.24) is 9.97 Å². The van der Waals surface area contributed by atoms with Crippen molar-refractivity contribution < 1.29 is 14.2 Å². The molecule has 0 aliphatic carbocycles. The molecule has 3 aromatic rings. The third-order valence-electron chi connectivity index (χ3n) is 5.87. The fourth-order valence-electron chi connectivity index (χ4n) is 3.97. The summed E-state index contributed by atoms with van der Waals surface area (Å²) >= 11 is 0. The minimum absolute atomic E-state index is 0.0194. The van der Waals surface area contributed by atoms with Crippen LogP contribution in [0.4, 0.5) is 27.4 Å². The summed E-state index contributed by atoms with van der Waals surface area (Å²) in [5, 5.41) is 19.8. The van der Waals surface area contributed by atoms with Gasteiger partial charge in [-0.3, -0.25) is 0 Å². The second kappa shape index (κ2) is 9.82. The van der Waals surface area contributed by atoms with Crippen LogP contribution < -0.4 is 20.7 Å². The molecule has 0 bridgehead atoms. The Bertz CT molecular complexity index is 1050. The Morgan fingerprint density at radius 1 is 1.22 bits per heavy atom. The lowest BCUT2D eigenvalue weighted by atomic mass is 9.87. The monoisotopic (exact) mass is 437 g/mol. The molecule has 2 unspecified atom stereocenters. The van der Waals surface area contributed by atoms with Crippen LogP contribution in [0.15, 0.2) is 54.7 Å². The number of hydrogen-bond acceptors (Lipinski definition) is 7. The minimum atomic E-state index is -0.315. The molecule has 2 heterocycles. The number of nitrogens with zero attached hydrogens (tertiary/aromatic N) is 2. The van der Waals surface area contributed by atoms with Gasteiger partial charge in [0.05, 0.1) is 36.5 Å². The highest BCUT2D eigenvalue weighted by Crippen LogP contribution is 2.32. The maximum Gasteiger partial charge on any atom is 0.227 e. The molecule has 0 saturated heterocycles. The number of anilines is 4. The van der Waals surface area contributed by atoms with E-state index in [0.717, 1.165) is 29.2 Å². The zero-order chi connectivity index (χ0) is 22.5. The topological polar surface area (TPSA) is 91.3 Å². The van der Waals surface area contributed by atoms with Crippen molar-refractivity contribution in [3.8, 4) is 5.75 Å². The number of rotatable bonds is 7. The van der Waals surface area contributed by atoms with Crippen LogP contribution >= 0.6 is 0 Å². The fourth-order valence-corrected chi connectivity index (χ4v) is 3.97. The van der Waals surface area contributed by atoms with Crippen LogP contribution in [0, 0.1) is 17.7 Å². The number of methoxy groups -OCH3 is 1. The van der Waals surface area contributed by atoms with E-state index in [1.807, 2.05) is 31.2 Å². The van der Waals surface area contributed by atoms with Gasteiger partial charge in [0.2, 0.25) is 5.95 Å². The number of aliphatic hydroxyl groups excluding tert-OH is 1. The fraction of sp³-hybridized carbons (Fsp3) is 0.333. The number of fused-ring (bicyclic) bond motifs is 1. The average Bonchev–Trinajstić information content (AvgIpc) is 2.99. The largest absolute Gasteiger partial charge is 0.497 e. The van der Waals surface area contributed by atoms with Gasteiger partial charge < -0.3 is 25.8 Å². The van der Waals surface area contributed by atoms with Crippen molar-refractivity contribution in [2.45, 2.75) is 25.9 Å². The van der Waals surface area contributed by atoms with Crippen LogP contribution in [0.5, 0.6) is 5.75 Å². The Balaban J connectivity index is 1.56. The Kier molecular flexibility index (Phi) is 6.70. The highest BCUT2D eigenvalue weighted by atomic mass is 19.1. The van der Waals surface area contributed by atoms with Crippen LogP contribution in [0.1, 0.15) is 19.0 Å². The molecule has 0 amide bonds. The van der Waals surface area contributed by atoms with E-state index in [0.29, 0.717) is 18.1 Å². The predicted molar refractivity (Wildman–Crippen MR) is 124 cm³/mol. The first-order valence-corrected chi connectivity index (χ1v) is 10.7. The maximum atomic E-state index is 14.3. The molecule has 0 fully saturated rings. The van der Waals surface area contributed by atoms with E-state index in [-0.39, 0.29) is 30.4 Å². The van der Waals surface area contributed by atoms with Gasteiger partial charge in [0.25, 0.3) is 0 Å². The molecule has 4 rings (SSSR count). The van der Waals surface area contributed by atoms with Crippen LogP contribution in [0.2, 0.25) is 0 Å². The average molecular weight is 438 g/mol. The van der Waals surface area contributed by atoms with Gasteiger partial charge in [0.15, 0.2) is 0 Å². The summed E-state index contributed by atoms with van der Waals surface area (Å²) in [6.07, 6.45) is 2.97. The summed E-state index contributed by atoms with van der Waals surface area (Å²) in [4.78, 5) is 9.16. The Labute approximate surface area is 187 Å². The SMILES string of the molecule is COc1ccc(Nc2ncc3c(n2)CCC([C@H](C)CO)C(Nc2ccccc2F)N3)cc1. The first-order valence-electron chi connectivity index (χ1n) is 10.7. The standard InChI is InChI=1S/C24H28FN5O2/c1-15(14-31)18-11-12-21-22(29-23(18)28-20-6-4-3-5-19(20)25)13-26-24(30-21)27-16-7-9-17(32-2)10-8-16/h3-10,13,15,18,23,28-29,31H,11-12,14H2,1-2H3,(H,26,27,30)/t15-,18?,23?/m1/s1. The van der Waals surface area contributed by atoms with Gasteiger partial charge in [-0.25, -0.2) is 14.4 Å². The molecular weight excluding hydrogens is 409 g/mol. The molecule has 0 spiro atoms. The third-order valence-corrected chi connectivity index (χ3v) is 5.87. The van der Waals surface area contributed by atoms with Gasteiger partial charge in [0, 0.05) is 18.2 Å². The van der Waals surface area contributed by atoms with Gasteiger partial charge in [-0.2, -0.15) is 0 Å². The highest BCUT2D eigenvalue weighted by Gasteiger charge is 2.31. The summed E-state index contributed by atoms with van der Waals surface area (Å²) in [6, 6.07) is 14.1. The van der Waals surface area contributed by atoms with Crippen LogP contribution in [0.3, 0.4) is 0 Å². The smallest absolute Gasteiger partial charge is 0.227 e. The quantitative estimate of drug-likeness (QED) is 0.435. The summed E-state index contributed by atoms with van der Waals surface area (Å²) in [5.41, 5.74) is 2.95. The molecule has 1 aliphatic rings. The second-order valence-electron chi connectivity index (χ2n) is 8.02. The van der Waals surface area contributed by atoms with Crippen molar-refractivity contribution in [2.75, 3.05) is 29.7 Å². The zero-order valence-corrected chi connectivity index (χ0v) is 18.2. The van der Waals surface area contributed by atoms with E-state index in [9.17, 15) is 9.50 Å².